The Kier molecular flexibility index (Phi) is 8.41. The lowest BCUT2D eigenvalue weighted by Gasteiger charge is -2.46. The lowest BCUT2D eigenvalue weighted by Crippen LogP contribution is -2.42. The summed E-state index contributed by atoms with van der Waals surface area (Å²) >= 11 is 0. The van der Waals surface area contributed by atoms with Crippen molar-refractivity contribution in [3.63, 3.8) is 0 Å². The minimum atomic E-state index is 0.158. The average Bonchev–Trinajstić information content (AvgIpc) is 2.52. The highest BCUT2D eigenvalue weighted by Crippen LogP contribution is 2.49. The number of hydrogen-bond acceptors (Lipinski definition) is 2. The molecule has 6 unspecified atom stereocenters. The van der Waals surface area contributed by atoms with E-state index in [0.29, 0.717) is 23.7 Å². The van der Waals surface area contributed by atoms with Crippen molar-refractivity contribution in [3.8, 4) is 0 Å². The molecular formula is C23H44N2. The predicted molar refractivity (Wildman–Crippen MR) is 112 cm³/mol. The van der Waals surface area contributed by atoms with Crippen molar-refractivity contribution in [1.82, 2.24) is 0 Å². The molecule has 0 bridgehead atoms. The quantitative estimate of drug-likeness (QED) is 0.563. The van der Waals surface area contributed by atoms with Crippen LogP contribution in [0.25, 0.3) is 0 Å². The van der Waals surface area contributed by atoms with Crippen LogP contribution in [0.4, 0.5) is 0 Å². The molecule has 146 valence electrons. The van der Waals surface area contributed by atoms with Crippen molar-refractivity contribution in [3.05, 3.63) is 23.3 Å². The van der Waals surface area contributed by atoms with Gasteiger partial charge in [0, 0.05) is 12.1 Å². The Labute approximate surface area is 157 Å². The summed E-state index contributed by atoms with van der Waals surface area (Å²) in [5.74, 6) is 2.41. The van der Waals surface area contributed by atoms with Crippen LogP contribution in [-0.4, -0.2) is 12.1 Å². The normalized spacial score (nSPS) is 27.3. The maximum atomic E-state index is 6.68. The predicted octanol–water partition coefficient (Wildman–Crippen LogP) is 5.68. The van der Waals surface area contributed by atoms with Crippen molar-refractivity contribution in [2.24, 2.45) is 40.6 Å². The maximum Gasteiger partial charge on any atom is 0.0264 e. The molecule has 2 nitrogen and oxygen atoms in total. The fourth-order valence-corrected chi connectivity index (χ4v) is 4.51. The van der Waals surface area contributed by atoms with Gasteiger partial charge >= 0.3 is 0 Å². The minimum absolute atomic E-state index is 0.158. The number of rotatable bonds is 9. The van der Waals surface area contributed by atoms with Crippen LogP contribution in [0, 0.1) is 29.1 Å². The highest BCUT2D eigenvalue weighted by molar-refractivity contribution is 5.34. The molecule has 0 amide bonds. The van der Waals surface area contributed by atoms with E-state index in [2.05, 4.69) is 67.5 Å². The average molecular weight is 349 g/mol. The molecule has 1 rings (SSSR count). The Balaban J connectivity index is 3.08. The Hall–Kier alpha value is -0.600. The van der Waals surface area contributed by atoms with Gasteiger partial charge < -0.3 is 11.5 Å². The molecule has 0 fully saturated rings. The van der Waals surface area contributed by atoms with Gasteiger partial charge in [-0.05, 0) is 67.3 Å². The second kappa shape index (κ2) is 9.37. The number of allylic oxidation sites excluding steroid dienone is 3. The topological polar surface area (TPSA) is 52.0 Å². The fourth-order valence-electron chi connectivity index (χ4n) is 4.51. The van der Waals surface area contributed by atoms with Crippen molar-refractivity contribution in [2.75, 3.05) is 0 Å². The van der Waals surface area contributed by atoms with Crippen LogP contribution in [0.1, 0.15) is 81.1 Å². The minimum Gasteiger partial charge on any atom is -0.328 e. The van der Waals surface area contributed by atoms with Crippen molar-refractivity contribution in [1.29, 1.82) is 0 Å². The molecule has 0 saturated carbocycles. The molecule has 0 heterocycles. The van der Waals surface area contributed by atoms with E-state index in [1.807, 2.05) is 0 Å². The summed E-state index contributed by atoms with van der Waals surface area (Å²) in [5, 5.41) is 0. The zero-order chi connectivity index (χ0) is 19.4. The summed E-state index contributed by atoms with van der Waals surface area (Å²) in [7, 11) is 0. The maximum absolute atomic E-state index is 6.68. The fraction of sp³-hybridized carbons (Fsp3) is 0.826. The van der Waals surface area contributed by atoms with E-state index in [1.165, 1.54) is 12.0 Å². The van der Waals surface area contributed by atoms with Gasteiger partial charge in [-0.15, -0.1) is 0 Å². The van der Waals surface area contributed by atoms with Crippen LogP contribution in [0.15, 0.2) is 23.3 Å². The Morgan fingerprint density at radius 3 is 2.04 bits per heavy atom. The van der Waals surface area contributed by atoms with E-state index in [9.17, 15) is 0 Å². The lowest BCUT2D eigenvalue weighted by atomic mass is 9.59. The summed E-state index contributed by atoms with van der Waals surface area (Å²) in [6.45, 7) is 18.5. The largest absolute Gasteiger partial charge is 0.328 e. The van der Waals surface area contributed by atoms with Crippen LogP contribution in [0.2, 0.25) is 0 Å². The number of nitrogens with two attached hydrogens (primary N) is 2. The summed E-state index contributed by atoms with van der Waals surface area (Å²) in [5.41, 5.74) is 16.0. The van der Waals surface area contributed by atoms with Gasteiger partial charge in [0.2, 0.25) is 0 Å². The molecule has 6 atom stereocenters. The Morgan fingerprint density at radius 2 is 1.56 bits per heavy atom. The van der Waals surface area contributed by atoms with Crippen molar-refractivity contribution < 1.29 is 0 Å². The zero-order valence-electron chi connectivity index (χ0n) is 18.1. The van der Waals surface area contributed by atoms with Gasteiger partial charge in [0.15, 0.2) is 0 Å². The standard InChI is InChI=1S/C23H44N2/c1-9-20-10-11-21(22(25)12-15(2)3)23(8,14-20)18(6)16(4)13-17(5)19(7)24/h10-11,15-19,22H,9,12-14,24-25H2,1-8H3. The summed E-state index contributed by atoms with van der Waals surface area (Å²) < 4.78 is 0. The molecule has 0 aromatic carbocycles. The molecule has 2 heteroatoms. The third-order valence-corrected chi connectivity index (χ3v) is 6.83. The first kappa shape index (κ1) is 22.4. The smallest absolute Gasteiger partial charge is 0.0264 e. The first-order valence-electron chi connectivity index (χ1n) is 10.4. The van der Waals surface area contributed by atoms with E-state index in [4.69, 9.17) is 11.5 Å². The zero-order valence-corrected chi connectivity index (χ0v) is 18.1. The van der Waals surface area contributed by atoms with E-state index in [0.717, 1.165) is 19.3 Å². The molecule has 25 heavy (non-hydrogen) atoms. The lowest BCUT2D eigenvalue weighted by molar-refractivity contribution is 0.148. The Bertz CT molecular complexity index is 474. The summed E-state index contributed by atoms with van der Waals surface area (Å²) in [4.78, 5) is 0. The van der Waals surface area contributed by atoms with Crippen LogP contribution in [0.3, 0.4) is 0 Å². The summed E-state index contributed by atoms with van der Waals surface area (Å²) in [6, 6.07) is 0.429. The molecule has 0 aliphatic heterocycles. The van der Waals surface area contributed by atoms with E-state index in [1.54, 1.807) is 5.57 Å². The molecule has 1 aliphatic rings. The first-order chi connectivity index (χ1) is 11.5. The molecule has 4 N–H and O–H groups in total. The highest BCUT2D eigenvalue weighted by atomic mass is 14.7. The van der Waals surface area contributed by atoms with Gasteiger partial charge in [0.05, 0.1) is 0 Å². The monoisotopic (exact) mass is 348 g/mol. The van der Waals surface area contributed by atoms with Crippen LogP contribution >= 0.6 is 0 Å². The molecule has 0 radical (unpaired) electrons. The third kappa shape index (κ3) is 5.69. The Morgan fingerprint density at radius 1 is 0.960 bits per heavy atom. The second-order valence-electron chi connectivity index (χ2n) is 9.47. The molecular weight excluding hydrogens is 304 g/mol. The van der Waals surface area contributed by atoms with E-state index in [-0.39, 0.29) is 17.5 Å². The SMILES string of the molecule is CCC1=CC=C(C(N)CC(C)C)C(C)(C(C)C(C)CC(C)C(C)N)C1. The second-order valence-corrected chi connectivity index (χ2v) is 9.47. The molecule has 0 aromatic heterocycles. The molecule has 1 aliphatic carbocycles. The van der Waals surface area contributed by atoms with Crippen LogP contribution in [-0.2, 0) is 0 Å². The van der Waals surface area contributed by atoms with Crippen molar-refractivity contribution >= 4 is 0 Å². The molecule has 0 saturated heterocycles. The summed E-state index contributed by atoms with van der Waals surface area (Å²) in [6.07, 6.45) is 9.22. The van der Waals surface area contributed by atoms with Gasteiger partial charge in [0.1, 0.15) is 0 Å². The van der Waals surface area contributed by atoms with Gasteiger partial charge in [-0.1, -0.05) is 66.2 Å². The van der Waals surface area contributed by atoms with Crippen LogP contribution in [0.5, 0.6) is 0 Å². The van der Waals surface area contributed by atoms with E-state index < -0.39 is 0 Å². The van der Waals surface area contributed by atoms with Gasteiger partial charge in [-0.2, -0.15) is 0 Å². The van der Waals surface area contributed by atoms with Gasteiger partial charge in [0.25, 0.3) is 0 Å². The first-order valence-corrected chi connectivity index (χ1v) is 10.4. The van der Waals surface area contributed by atoms with E-state index >= 15 is 0 Å². The number of hydrogen-bond donors (Lipinski definition) is 2. The van der Waals surface area contributed by atoms with Gasteiger partial charge in [-0.3, -0.25) is 0 Å². The third-order valence-electron chi connectivity index (χ3n) is 6.83. The molecule has 0 spiro atoms. The molecule has 0 aromatic rings. The van der Waals surface area contributed by atoms with Gasteiger partial charge in [-0.25, -0.2) is 0 Å². The highest BCUT2D eigenvalue weighted by Gasteiger charge is 2.41. The van der Waals surface area contributed by atoms with Crippen molar-refractivity contribution in [2.45, 2.75) is 93.2 Å². The van der Waals surface area contributed by atoms with Crippen LogP contribution < -0.4 is 11.5 Å².